The normalized spacial score (nSPS) is 21.3. The van der Waals surface area contributed by atoms with Gasteiger partial charge < -0.3 is 24.6 Å². The molecule has 2 aliphatic heterocycles. The smallest absolute Gasteiger partial charge is 0.326 e. The molecule has 0 radical (unpaired) electrons. The molecule has 23 heavy (non-hydrogen) atoms. The number of hydrogen-bond donors (Lipinski definition) is 2. The summed E-state index contributed by atoms with van der Waals surface area (Å²) >= 11 is 0. The molecule has 1 saturated heterocycles. The molecule has 0 aromatic heterocycles. The van der Waals surface area contributed by atoms with Crippen LogP contribution in [0.25, 0.3) is 0 Å². The molecule has 7 nitrogen and oxygen atoms in total. The van der Waals surface area contributed by atoms with Gasteiger partial charge in [0.2, 0.25) is 0 Å². The third-order valence-corrected chi connectivity index (χ3v) is 4.03. The highest BCUT2D eigenvalue weighted by Crippen LogP contribution is 2.33. The summed E-state index contributed by atoms with van der Waals surface area (Å²) in [4.78, 5) is 24.1. The number of carbonyl (C=O) groups is 2. The van der Waals surface area contributed by atoms with Crippen LogP contribution in [0.15, 0.2) is 18.2 Å². The van der Waals surface area contributed by atoms with Gasteiger partial charge in [-0.1, -0.05) is 6.07 Å². The van der Waals surface area contributed by atoms with Gasteiger partial charge >= 0.3 is 5.97 Å². The Hall–Kier alpha value is -2.28. The van der Waals surface area contributed by atoms with Crippen LogP contribution in [0.2, 0.25) is 0 Å². The van der Waals surface area contributed by atoms with Gasteiger partial charge in [0.15, 0.2) is 11.5 Å². The lowest BCUT2D eigenvalue weighted by molar-refractivity contribution is -0.142. The molecule has 0 bridgehead atoms. The van der Waals surface area contributed by atoms with Crippen LogP contribution in [0.4, 0.5) is 0 Å². The minimum Gasteiger partial charge on any atom is -0.486 e. The Morgan fingerprint density at radius 1 is 1.22 bits per heavy atom. The number of amides is 1. The molecular weight excluding hydrogens is 302 g/mol. The number of ether oxygens (including phenoxy) is 3. The van der Waals surface area contributed by atoms with Crippen molar-refractivity contribution < 1.29 is 28.9 Å². The number of nitrogens with one attached hydrogen (secondary N) is 1. The van der Waals surface area contributed by atoms with Gasteiger partial charge in [-0.05, 0) is 25.0 Å². The third kappa shape index (κ3) is 3.39. The highest BCUT2D eigenvalue weighted by atomic mass is 16.6. The maximum absolute atomic E-state index is 12.5. The number of benzene rings is 1. The maximum atomic E-state index is 12.5. The average molecular weight is 321 g/mol. The number of hydrogen-bond acceptors (Lipinski definition) is 5. The van der Waals surface area contributed by atoms with Gasteiger partial charge in [0.05, 0.1) is 12.2 Å². The Bertz CT molecular complexity index is 596. The first-order valence-electron chi connectivity index (χ1n) is 7.67. The molecule has 1 amide bonds. The third-order valence-electron chi connectivity index (χ3n) is 4.03. The summed E-state index contributed by atoms with van der Waals surface area (Å²) in [7, 11) is 0. The van der Waals surface area contributed by atoms with Crippen LogP contribution in [0.1, 0.15) is 23.2 Å². The average Bonchev–Trinajstić information content (AvgIpc) is 2.59. The molecule has 1 aromatic carbocycles. The van der Waals surface area contributed by atoms with Crippen molar-refractivity contribution in [3.8, 4) is 11.5 Å². The van der Waals surface area contributed by atoms with Crippen molar-refractivity contribution in [3.05, 3.63) is 23.8 Å². The lowest BCUT2D eigenvalue weighted by atomic mass is 9.93. The van der Waals surface area contributed by atoms with Crippen LogP contribution in [0.3, 0.4) is 0 Å². The Morgan fingerprint density at radius 2 is 2.04 bits per heavy atom. The molecule has 7 heteroatoms. The fourth-order valence-electron chi connectivity index (χ4n) is 2.88. The van der Waals surface area contributed by atoms with E-state index in [1.165, 1.54) is 0 Å². The number of aliphatic carboxylic acids is 1. The van der Waals surface area contributed by atoms with Gasteiger partial charge in [-0.15, -0.1) is 0 Å². The monoisotopic (exact) mass is 321 g/mol. The van der Waals surface area contributed by atoms with Gasteiger partial charge in [0.1, 0.15) is 19.3 Å². The van der Waals surface area contributed by atoms with Gasteiger partial charge in [-0.25, -0.2) is 4.79 Å². The Morgan fingerprint density at radius 3 is 2.78 bits per heavy atom. The molecule has 2 N–H and O–H groups in total. The summed E-state index contributed by atoms with van der Waals surface area (Å²) in [5.74, 6) is -0.917. The van der Waals surface area contributed by atoms with Crippen LogP contribution in [0.5, 0.6) is 11.5 Å². The van der Waals surface area contributed by atoms with Crippen molar-refractivity contribution in [2.45, 2.75) is 18.9 Å². The molecule has 1 fully saturated rings. The number of carboxylic acids is 1. The molecule has 124 valence electrons. The van der Waals surface area contributed by atoms with Crippen molar-refractivity contribution >= 4 is 11.9 Å². The van der Waals surface area contributed by atoms with E-state index in [1.807, 2.05) is 0 Å². The number of rotatable bonds is 4. The van der Waals surface area contributed by atoms with Crippen LogP contribution in [-0.2, 0) is 9.53 Å². The molecule has 2 unspecified atom stereocenters. The van der Waals surface area contributed by atoms with E-state index in [0.717, 1.165) is 6.42 Å². The standard InChI is InChI=1S/C16H19NO6/c18-15(11-4-1-5-12-14(11)23-8-7-22-12)17-13(16(19)20)10-3-2-6-21-9-10/h1,4-5,10,13H,2-3,6-9H2,(H,17,18)(H,19,20). The Balaban J connectivity index is 1.78. The second kappa shape index (κ2) is 6.87. The van der Waals surface area contributed by atoms with E-state index in [9.17, 15) is 14.7 Å². The second-order valence-electron chi connectivity index (χ2n) is 5.60. The zero-order chi connectivity index (χ0) is 16.2. The molecule has 2 aliphatic rings. The van der Waals surface area contributed by atoms with Crippen molar-refractivity contribution in [1.82, 2.24) is 5.32 Å². The highest BCUT2D eigenvalue weighted by Gasteiger charge is 2.32. The fraction of sp³-hybridized carbons (Fsp3) is 0.500. The van der Waals surface area contributed by atoms with E-state index >= 15 is 0 Å². The highest BCUT2D eigenvalue weighted by molar-refractivity contribution is 5.99. The summed E-state index contributed by atoms with van der Waals surface area (Å²) in [6.07, 6.45) is 1.51. The van der Waals surface area contributed by atoms with Crippen LogP contribution < -0.4 is 14.8 Å². The molecule has 2 atom stereocenters. The summed E-state index contributed by atoms with van der Waals surface area (Å²) in [5, 5.41) is 12.0. The summed E-state index contributed by atoms with van der Waals surface area (Å²) in [6, 6.07) is 4.01. The zero-order valence-electron chi connectivity index (χ0n) is 12.6. The lowest BCUT2D eigenvalue weighted by Crippen LogP contribution is -2.48. The predicted molar refractivity (Wildman–Crippen MR) is 79.9 cm³/mol. The van der Waals surface area contributed by atoms with Crippen LogP contribution in [-0.4, -0.2) is 49.5 Å². The topological polar surface area (TPSA) is 94.1 Å². The molecule has 3 rings (SSSR count). The molecule has 1 aromatic rings. The molecule has 0 saturated carbocycles. The summed E-state index contributed by atoms with van der Waals surface area (Å²) in [6.45, 7) is 1.75. The first-order chi connectivity index (χ1) is 11.2. The van der Waals surface area contributed by atoms with E-state index in [2.05, 4.69) is 5.32 Å². The Kier molecular flexibility index (Phi) is 4.66. The van der Waals surface area contributed by atoms with E-state index < -0.39 is 17.9 Å². The number of para-hydroxylation sites is 1. The molecule has 2 heterocycles. The number of fused-ring (bicyclic) bond motifs is 1. The molecule has 0 spiro atoms. The van der Waals surface area contributed by atoms with Crippen molar-refractivity contribution in [2.75, 3.05) is 26.4 Å². The maximum Gasteiger partial charge on any atom is 0.326 e. The Labute approximate surface area is 133 Å². The van der Waals surface area contributed by atoms with Gasteiger partial charge in [0, 0.05) is 12.5 Å². The summed E-state index contributed by atoms with van der Waals surface area (Å²) < 4.78 is 16.3. The minimum absolute atomic E-state index is 0.234. The van der Waals surface area contributed by atoms with Crippen LogP contribution >= 0.6 is 0 Å². The quantitative estimate of drug-likeness (QED) is 0.861. The molecular formula is C16H19NO6. The lowest BCUT2D eigenvalue weighted by Gasteiger charge is -2.28. The van der Waals surface area contributed by atoms with E-state index in [0.29, 0.717) is 44.3 Å². The fourth-order valence-corrected chi connectivity index (χ4v) is 2.88. The SMILES string of the molecule is O=C(NC(C(=O)O)C1CCCOC1)c1cccc2c1OCCO2. The van der Waals surface area contributed by atoms with Gasteiger partial charge in [0.25, 0.3) is 5.91 Å². The van der Waals surface area contributed by atoms with E-state index in [-0.39, 0.29) is 11.5 Å². The predicted octanol–water partition coefficient (Wildman–Crippen LogP) is 1.07. The van der Waals surface area contributed by atoms with Crippen molar-refractivity contribution in [3.63, 3.8) is 0 Å². The second-order valence-corrected chi connectivity index (χ2v) is 5.60. The van der Waals surface area contributed by atoms with E-state index in [4.69, 9.17) is 14.2 Å². The van der Waals surface area contributed by atoms with E-state index in [1.54, 1.807) is 18.2 Å². The zero-order valence-corrected chi connectivity index (χ0v) is 12.6. The van der Waals surface area contributed by atoms with Crippen molar-refractivity contribution in [2.24, 2.45) is 5.92 Å². The van der Waals surface area contributed by atoms with Crippen LogP contribution in [0, 0.1) is 5.92 Å². The number of carboxylic acid groups (broad SMARTS) is 1. The number of carbonyl (C=O) groups excluding carboxylic acids is 1. The molecule has 0 aliphatic carbocycles. The first-order valence-corrected chi connectivity index (χ1v) is 7.67. The van der Waals surface area contributed by atoms with Gasteiger partial charge in [-0.2, -0.15) is 0 Å². The van der Waals surface area contributed by atoms with Crippen molar-refractivity contribution in [1.29, 1.82) is 0 Å². The summed E-state index contributed by atoms with van der Waals surface area (Å²) in [5.41, 5.74) is 0.283. The first kappa shape index (κ1) is 15.6. The van der Waals surface area contributed by atoms with Gasteiger partial charge in [-0.3, -0.25) is 4.79 Å². The largest absolute Gasteiger partial charge is 0.486 e. The minimum atomic E-state index is -1.06.